The van der Waals surface area contributed by atoms with E-state index in [1.165, 1.54) is 0 Å². The summed E-state index contributed by atoms with van der Waals surface area (Å²) in [6.45, 7) is 11.9. The lowest BCUT2D eigenvalue weighted by atomic mass is 10.0. The van der Waals surface area contributed by atoms with Gasteiger partial charge in [0.05, 0.1) is 5.56 Å². The molecule has 1 heterocycles. The second kappa shape index (κ2) is 6.46. The Morgan fingerprint density at radius 3 is 2.33 bits per heavy atom. The average Bonchev–Trinajstić information content (AvgIpc) is 2.40. The molecule has 0 saturated carbocycles. The number of hydrogen-bond acceptors (Lipinski definition) is 3. The van der Waals surface area contributed by atoms with Crippen LogP contribution in [0.4, 0.5) is 0 Å². The van der Waals surface area contributed by atoms with Crippen LogP contribution in [0, 0.1) is 0 Å². The second-order valence-electron chi connectivity index (χ2n) is 6.55. The predicted octanol–water partition coefficient (Wildman–Crippen LogP) is 3.06. The molecule has 5 heteroatoms. The molecule has 4 nitrogen and oxygen atoms in total. The van der Waals surface area contributed by atoms with Gasteiger partial charge in [-0.15, -0.1) is 0 Å². The van der Waals surface area contributed by atoms with Gasteiger partial charge >= 0.3 is 5.97 Å². The summed E-state index contributed by atoms with van der Waals surface area (Å²) in [4.78, 5) is 15.9. The normalized spacial score (nSPS) is 17.9. The van der Waals surface area contributed by atoms with Gasteiger partial charge in [0.2, 0.25) is 0 Å². The standard InChI is InChI=1S/C16H23BrN2O2/c1-16(2,3)19-8-6-18(7-9-19)11-13-5-4-12(15(20)21)10-14(13)17/h4-5,10H,6-9,11H2,1-3H3,(H,20,21). The zero-order valence-electron chi connectivity index (χ0n) is 12.9. The Labute approximate surface area is 134 Å². The smallest absolute Gasteiger partial charge is 0.335 e. The Morgan fingerprint density at radius 1 is 1.24 bits per heavy atom. The van der Waals surface area contributed by atoms with E-state index < -0.39 is 5.97 Å². The summed E-state index contributed by atoms with van der Waals surface area (Å²) < 4.78 is 0.876. The van der Waals surface area contributed by atoms with Crippen molar-refractivity contribution >= 4 is 21.9 Å². The lowest BCUT2D eigenvalue weighted by Gasteiger charge is -2.42. The minimum Gasteiger partial charge on any atom is -0.478 e. The zero-order valence-corrected chi connectivity index (χ0v) is 14.5. The first-order valence-electron chi connectivity index (χ1n) is 7.26. The summed E-state index contributed by atoms with van der Waals surface area (Å²) in [6.07, 6.45) is 0. The van der Waals surface area contributed by atoms with Crippen LogP contribution in [-0.4, -0.2) is 52.6 Å². The minimum atomic E-state index is -0.888. The molecule has 1 aromatic rings. The highest BCUT2D eigenvalue weighted by Gasteiger charge is 2.25. The number of nitrogens with zero attached hydrogens (tertiary/aromatic N) is 2. The second-order valence-corrected chi connectivity index (χ2v) is 7.40. The van der Waals surface area contributed by atoms with Gasteiger partial charge in [-0.1, -0.05) is 22.0 Å². The molecule has 1 aliphatic rings. The van der Waals surface area contributed by atoms with Gasteiger partial charge < -0.3 is 5.11 Å². The monoisotopic (exact) mass is 354 g/mol. The van der Waals surface area contributed by atoms with Gasteiger partial charge in [-0.25, -0.2) is 4.79 Å². The number of carbonyl (C=O) groups is 1. The molecule has 0 spiro atoms. The Kier molecular flexibility index (Phi) is 5.07. The van der Waals surface area contributed by atoms with E-state index in [4.69, 9.17) is 5.11 Å². The molecule has 0 radical (unpaired) electrons. The van der Waals surface area contributed by atoms with Crippen molar-refractivity contribution < 1.29 is 9.90 Å². The van der Waals surface area contributed by atoms with Gasteiger partial charge in [0.25, 0.3) is 0 Å². The summed E-state index contributed by atoms with van der Waals surface area (Å²) in [7, 11) is 0. The highest BCUT2D eigenvalue weighted by atomic mass is 79.9. The number of carboxylic acids is 1. The Morgan fingerprint density at radius 2 is 1.86 bits per heavy atom. The quantitative estimate of drug-likeness (QED) is 0.905. The van der Waals surface area contributed by atoms with E-state index >= 15 is 0 Å². The molecule has 0 bridgehead atoms. The van der Waals surface area contributed by atoms with Crippen LogP contribution >= 0.6 is 15.9 Å². The molecule has 1 saturated heterocycles. The van der Waals surface area contributed by atoms with Crippen molar-refractivity contribution in [1.82, 2.24) is 9.80 Å². The molecular formula is C16H23BrN2O2. The van der Waals surface area contributed by atoms with Crippen LogP contribution in [0.2, 0.25) is 0 Å². The predicted molar refractivity (Wildman–Crippen MR) is 87.7 cm³/mol. The van der Waals surface area contributed by atoms with Crippen molar-refractivity contribution in [2.24, 2.45) is 0 Å². The third-order valence-electron chi connectivity index (χ3n) is 4.01. The van der Waals surface area contributed by atoms with E-state index in [2.05, 4.69) is 46.5 Å². The van der Waals surface area contributed by atoms with Crippen molar-refractivity contribution in [3.63, 3.8) is 0 Å². The van der Waals surface area contributed by atoms with E-state index in [1.54, 1.807) is 12.1 Å². The first-order valence-corrected chi connectivity index (χ1v) is 8.06. The van der Waals surface area contributed by atoms with Crippen molar-refractivity contribution in [1.29, 1.82) is 0 Å². The summed E-state index contributed by atoms with van der Waals surface area (Å²) in [5.74, 6) is -0.888. The lowest BCUT2D eigenvalue weighted by Crippen LogP contribution is -2.53. The fourth-order valence-electron chi connectivity index (χ4n) is 2.63. The van der Waals surface area contributed by atoms with Crippen molar-refractivity contribution in [2.45, 2.75) is 32.9 Å². The van der Waals surface area contributed by atoms with Crippen LogP contribution in [0.25, 0.3) is 0 Å². The molecule has 1 aromatic carbocycles. The molecule has 0 aromatic heterocycles. The molecule has 0 amide bonds. The first-order chi connectivity index (χ1) is 9.77. The number of benzene rings is 1. The lowest BCUT2D eigenvalue weighted by molar-refractivity contribution is 0.0590. The third-order valence-corrected chi connectivity index (χ3v) is 4.75. The summed E-state index contributed by atoms with van der Waals surface area (Å²) in [5.41, 5.74) is 1.70. The number of carboxylic acid groups (broad SMARTS) is 1. The fraction of sp³-hybridized carbons (Fsp3) is 0.562. The molecule has 1 aliphatic heterocycles. The van der Waals surface area contributed by atoms with E-state index in [1.807, 2.05) is 6.07 Å². The van der Waals surface area contributed by atoms with E-state index in [0.29, 0.717) is 5.56 Å². The van der Waals surface area contributed by atoms with Crippen LogP contribution in [0.3, 0.4) is 0 Å². The van der Waals surface area contributed by atoms with Crippen molar-refractivity contribution in [3.05, 3.63) is 33.8 Å². The molecule has 116 valence electrons. The average molecular weight is 355 g/mol. The number of rotatable bonds is 3. The van der Waals surface area contributed by atoms with Crippen LogP contribution in [0.5, 0.6) is 0 Å². The van der Waals surface area contributed by atoms with Crippen molar-refractivity contribution in [3.8, 4) is 0 Å². The number of hydrogen-bond donors (Lipinski definition) is 1. The summed E-state index contributed by atoms with van der Waals surface area (Å²) in [6, 6.07) is 5.26. The first kappa shape index (κ1) is 16.5. The molecule has 1 fully saturated rings. The van der Waals surface area contributed by atoms with E-state index in [9.17, 15) is 4.79 Å². The minimum absolute atomic E-state index is 0.232. The number of piperazine rings is 1. The highest BCUT2D eigenvalue weighted by Crippen LogP contribution is 2.22. The van der Waals surface area contributed by atoms with Gasteiger partial charge in [-0.3, -0.25) is 9.80 Å². The van der Waals surface area contributed by atoms with Crippen molar-refractivity contribution in [2.75, 3.05) is 26.2 Å². The van der Waals surface area contributed by atoms with Gasteiger partial charge in [0.15, 0.2) is 0 Å². The van der Waals surface area contributed by atoms with Gasteiger partial charge in [-0.05, 0) is 38.5 Å². The molecule has 21 heavy (non-hydrogen) atoms. The molecular weight excluding hydrogens is 332 g/mol. The molecule has 2 rings (SSSR count). The van der Waals surface area contributed by atoms with Crippen LogP contribution in [0.1, 0.15) is 36.7 Å². The maximum Gasteiger partial charge on any atom is 0.335 e. The molecule has 0 atom stereocenters. The van der Waals surface area contributed by atoms with E-state index in [-0.39, 0.29) is 5.54 Å². The van der Waals surface area contributed by atoms with E-state index in [0.717, 1.165) is 42.8 Å². The Balaban J connectivity index is 1.96. The maximum atomic E-state index is 10.9. The third kappa shape index (κ3) is 4.28. The maximum absolute atomic E-state index is 10.9. The number of halogens is 1. The summed E-state index contributed by atoms with van der Waals surface area (Å²) >= 11 is 3.49. The summed E-state index contributed by atoms with van der Waals surface area (Å²) in [5, 5.41) is 8.99. The van der Waals surface area contributed by atoms with Crippen LogP contribution in [0.15, 0.2) is 22.7 Å². The van der Waals surface area contributed by atoms with Gasteiger partial charge in [-0.2, -0.15) is 0 Å². The van der Waals surface area contributed by atoms with Crippen LogP contribution in [-0.2, 0) is 6.54 Å². The fourth-order valence-corrected chi connectivity index (χ4v) is 3.13. The largest absolute Gasteiger partial charge is 0.478 e. The Bertz CT molecular complexity index is 517. The molecule has 0 aliphatic carbocycles. The topological polar surface area (TPSA) is 43.8 Å². The van der Waals surface area contributed by atoms with Crippen LogP contribution < -0.4 is 0 Å². The van der Waals surface area contributed by atoms with Gasteiger partial charge in [0, 0.05) is 42.7 Å². The zero-order chi connectivity index (χ0) is 15.6. The Hall–Kier alpha value is -0.910. The highest BCUT2D eigenvalue weighted by molar-refractivity contribution is 9.10. The number of aromatic carboxylic acids is 1. The molecule has 0 unspecified atom stereocenters. The van der Waals surface area contributed by atoms with Gasteiger partial charge in [0.1, 0.15) is 0 Å². The molecule has 1 N–H and O–H groups in total. The SMILES string of the molecule is CC(C)(C)N1CCN(Cc2ccc(C(=O)O)cc2Br)CC1.